The lowest BCUT2D eigenvalue weighted by molar-refractivity contribution is -0.142. The highest BCUT2D eigenvalue weighted by atomic mass is 127. The molecule has 2 fully saturated rings. The molecule has 1 atom stereocenters. The summed E-state index contributed by atoms with van der Waals surface area (Å²) in [5.74, 6) is 1.09. The second-order valence-electron chi connectivity index (χ2n) is 6.66. The molecular formula is C18H30IN5O2S. The van der Waals surface area contributed by atoms with Gasteiger partial charge in [-0.2, -0.15) is 0 Å². The molecule has 9 heteroatoms. The zero-order valence-electron chi connectivity index (χ0n) is 16.1. The standard InChI is InChI=1S/C18H29N5O2S.HI/c1-3-19-18(20-7-6-16-21-13-14(2)26-16)23-10-8-22(9-11-23)17(24)15-5-4-12-25-15;/h13,15H,3-12H2,1-2H3,(H,19,20);1H. The number of rotatable bonds is 5. The predicted molar refractivity (Wildman–Crippen MR) is 119 cm³/mol. The first-order valence-electron chi connectivity index (χ1n) is 9.52. The van der Waals surface area contributed by atoms with Crippen LogP contribution in [0.4, 0.5) is 0 Å². The van der Waals surface area contributed by atoms with Gasteiger partial charge >= 0.3 is 0 Å². The Kier molecular flexibility index (Phi) is 9.24. The molecule has 3 heterocycles. The molecule has 7 nitrogen and oxygen atoms in total. The third kappa shape index (κ3) is 6.28. The zero-order chi connectivity index (χ0) is 18.4. The molecule has 1 amide bonds. The number of aryl methyl sites for hydroxylation is 1. The van der Waals surface area contributed by atoms with E-state index in [-0.39, 0.29) is 36.0 Å². The number of piperazine rings is 1. The first kappa shape index (κ1) is 22.4. The number of carbonyl (C=O) groups excluding carboxylic acids is 1. The van der Waals surface area contributed by atoms with Gasteiger partial charge in [-0.1, -0.05) is 0 Å². The van der Waals surface area contributed by atoms with Crippen LogP contribution in [0.5, 0.6) is 0 Å². The Morgan fingerprint density at radius 1 is 1.37 bits per heavy atom. The second-order valence-corrected chi connectivity index (χ2v) is 7.98. The minimum atomic E-state index is -0.217. The van der Waals surface area contributed by atoms with Crippen LogP contribution in [0, 0.1) is 6.92 Å². The Hall–Kier alpha value is -0.940. The molecule has 2 aliphatic rings. The molecule has 1 unspecified atom stereocenters. The van der Waals surface area contributed by atoms with Crippen molar-refractivity contribution in [2.24, 2.45) is 4.99 Å². The summed E-state index contributed by atoms with van der Waals surface area (Å²) in [6, 6.07) is 0. The molecule has 1 N–H and O–H groups in total. The summed E-state index contributed by atoms with van der Waals surface area (Å²) in [4.78, 5) is 27.0. The van der Waals surface area contributed by atoms with Gasteiger partial charge in [0.25, 0.3) is 5.91 Å². The van der Waals surface area contributed by atoms with E-state index < -0.39 is 0 Å². The maximum atomic E-state index is 12.5. The Labute approximate surface area is 182 Å². The summed E-state index contributed by atoms with van der Waals surface area (Å²) >= 11 is 1.73. The molecule has 3 rings (SSSR count). The molecule has 152 valence electrons. The van der Waals surface area contributed by atoms with Gasteiger partial charge in [-0.25, -0.2) is 4.98 Å². The van der Waals surface area contributed by atoms with Crippen molar-refractivity contribution in [2.45, 2.75) is 39.2 Å². The normalized spacial score (nSPS) is 20.5. The second kappa shape index (κ2) is 11.2. The third-order valence-corrected chi connectivity index (χ3v) is 5.66. The van der Waals surface area contributed by atoms with Gasteiger partial charge in [0.15, 0.2) is 5.96 Å². The van der Waals surface area contributed by atoms with Crippen LogP contribution in [-0.2, 0) is 16.0 Å². The van der Waals surface area contributed by atoms with Crippen molar-refractivity contribution in [3.05, 3.63) is 16.1 Å². The molecular weight excluding hydrogens is 477 g/mol. The highest BCUT2D eigenvalue weighted by Crippen LogP contribution is 2.16. The van der Waals surface area contributed by atoms with Crippen molar-refractivity contribution in [2.75, 3.05) is 45.9 Å². The number of nitrogens with zero attached hydrogens (tertiary/aromatic N) is 4. The van der Waals surface area contributed by atoms with Gasteiger partial charge in [0.05, 0.1) is 5.01 Å². The Balaban J connectivity index is 0.00000261. The molecule has 2 saturated heterocycles. The summed E-state index contributed by atoms with van der Waals surface area (Å²) < 4.78 is 5.53. The number of hydrogen-bond acceptors (Lipinski definition) is 5. The smallest absolute Gasteiger partial charge is 0.251 e. The number of halogens is 1. The summed E-state index contributed by atoms with van der Waals surface area (Å²) in [6.45, 7) is 9.51. The first-order valence-corrected chi connectivity index (χ1v) is 10.3. The molecule has 0 radical (unpaired) electrons. The average Bonchev–Trinajstić information content (AvgIpc) is 3.32. The zero-order valence-corrected chi connectivity index (χ0v) is 19.3. The largest absolute Gasteiger partial charge is 0.368 e. The number of amides is 1. The Morgan fingerprint density at radius 2 is 2.11 bits per heavy atom. The highest BCUT2D eigenvalue weighted by molar-refractivity contribution is 14.0. The molecule has 0 aliphatic carbocycles. The van der Waals surface area contributed by atoms with E-state index in [2.05, 4.69) is 29.0 Å². The van der Waals surface area contributed by atoms with Crippen LogP contribution in [-0.4, -0.2) is 78.6 Å². The minimum Gasteiger partial charge on any atom is -0.368 e. The number of aromatic nitrogens is 1. The quantitative estimate of drug-likeness (QED) is 0.375. The number of nitrogens with one attached hydrogen (secondary N) is 1. The van der Waals surface area contributed by atoms with Crippen LogP contribution < -0.4 is 5.32 Å². The Morgan fingerprint density at radius 3 is 2.70 bits per heavy atom. The highest BCUT2D eigenvalue weighted by Gasteiger charge is 2.30. The number of aliphatic imine (C=N–C) groups is 1. The SMILES string of the molecule is CCNC(=NCCc1ncc(C)s1)N1CCN(C(=O)C2CCCO2)CC1.I. The van der Waals surface area contributed by atoms with Crippen LogP contribution in [0.25, 0.3) is 0 Å². The molecule has 0 bridgehead atoms. The fourth-order valence-electron chi connectivity index (χ4n) is 3.31. The number of carbonyl (C=O) groups is 1. The van der Waals surface area contributed by atoms with Gasteiger partial charge < -0.3 is 19.9 Å². The summed E-state index contributed by atoms with van der Waals surface area (Å²) in [5.41, 5.74) is 0. The predicted octanol–water partition coefficient (Wildman–Crippen LogP) is 1.90. The fraction of sp³-hybridized carbons (Fsp3) is 0.722. The molecule has 2 aliphatic heterocycles. The van der Waals surface area contributed by atoms with E-state index in [0.717, 1.165) is 69.5 Å². The van der Waals surface area contributed by atoms with Gasteiger partial charge in [0, 0.05) is 63.4 Å². The number of guanidine groups is 1. The third-order valence-electron chi connectivity index (χ3n) is 4.69. The van der Waals surface area contributed by atoms with E-state index in [1.807, 2.05) is 11.1 Å². The molecule has 1 aromatic heterocycles. The van der Waals surface area contributed by atoms with Crippen molar-refractivity contribution in [3.63, 3.8) is 0 Å². The molecule has 0 aromatic carbocycles. The van der Waals surface area contributed by atoms with Crippen LogP contribution in [0.3, 0.4) is 0 Å². The minimum absolute atomic E-state index is 0. The fourth-order valence-corrected chi connectivity index (χ4v) is 4.09. The van der Waals surface area contributed by atoms with Crippen LogP contribution in [0.15, 0.2) is 11.2 Å². The molecule has 27 heavy (non-hydrogen) atoms. The van der Waals surface area contributed by atoms with Gasteiger partial charge in [0.2, 0.25) is 0 Å². The monoisotopic (exact) mass is 507 g/mol. The first-order chi connectivity index (χ1) is 12.7. The van der Waals surface area contributed by atoms with Crippen molar-refractivity contribution in [1.29, 1.82) is 0 Å². The average molecular weight is 507 g/mol. The van der Waals surface area contributed by atoms with Gasteiger partial charge in [0.1, 0.15) is 6.10 Å². The van der Waals surface area contributed by atoms with E-state index in [0.29, 0.717) is 6.61 Å². The van der Waals surface area contributed by atoms with E-state index in [9.17, 15) is 4.79 Å². The lowest BCUT2D eigenvalue weighted by atomic mass is 10.2. The molecule has 0 spiro atoms. The van der Waals surface area contributed by atoms with E-state index in [1.165, 1.54) is 4.88 Å². The van der Waals surface area contributed by atoms with E-state index >= 15 is 0 Å². The lowest BCUT2D eigenvalue weighted by Gasteiger charge is -2.37. The van der Waals surface area contributed by atoms with Gasteiger partial charge in [-0.3, -0.25) is 9.79 Å². The van der Waals surface area contributed by atoms with E-state index in [1.54, 1.807) is 11.3 Å². The van der Waals surface area contributed by atoms with Crippen LogP contribution >= 0.6 is 35.3 Å². The van der Waals surface area contributed by atoms with Crippen LogP contribution in [0.2, 0.25) is 0 Å². The van der Waals surface area contributed by atoms with Crippen LogP contribution in [0.1, 0.15) is 29.7 Å². The summed E-state index contributed by atoms with van der Waals surface area (Å²) in [7, 11) is 0. The van der Waals surface area contributed by atoms with Crippen molar-refractivity contribution < 1.29 is 9.53 Å². The maximum absolute atomic E-state index is 12.5. The maximum Gasteiger partial charge on any atom is 0.251 e. The van der Waals surface area contributed by atoms with Gasteiger partial charge in [-0.15, -0.1) is 35.3 Å². The van der Waals surface area contributed by atoms with Crippen molar-refractivity contribution in [3.8, 4) is 0 Å². The summed E-state index contributed by atoms with van der Waals surface area (Å²) in [5, 5.41) is 4.51. The lowest BCUT2D eigenvalue weighted by Crippen LogP contribution is -2.55. The van der Waals surface area contributed by atoms with Crippen molar-refractivity contribution in [1.82, 2.24) is 20.1 Å². The molecule has 0 saturated carbocycles. The molecule has 1 aromatic rings. The number of ether oxygens (including phenoxy) is 1. The summed E-state index contributed by atoms with van der Waals surface area (Å²) in [6.07, 6.45) is 4.42. The van der Waals surface area contributed by atoms with Gasteiger partial charge in [-0.05, 0) is 26.7 Å². The van der Waals surface area contributed by atoms with E-state index in [4.69, 9.17) is 9.73 Å². The number of thiazole rings is 1. The number of hydrogen-bond donors (Lipinski definition) is 1. The topological polar surface area (TPSA) is 70.1 Å². The van der Waals surface area contributed by atoms with Crippen molar-refractivity contribution >= 4 is 47.2 Å². The Bertz CT molecular complexity index is 625.